The SMILES string of the molecule is CCCNC(c1ccc(CC)o1)C1Cc2ccccc2C1. The van der Waals surface area contributed by atoms with Crippen molar-refractivity contribution < 1.29 is 4.42 Å². The van der Waals surface area contributed by atoms with E-state index in [-0.39, 0.29) is 0 Å². The summed E-state index contributed by atoms with van der Waals surface area (Å²) >= 11 is 0. The van der Waals surface area contributed by atoms with Gasteiger partial charge < -0.3 is 9.73 Å². The van der Waals surface area contributed by atoms with Crippen LogP contribution in [0, 0.1) is 5.92 Å². The standard InChI is InChI=1S/C19H25NO/c1-3-11-20-19(18-10-9-17(4-2)21-18)16-12-14-7-5-6-8-15(14)13-16/h5-10,16,19-20H,3-4,11-13H2,1-2H3. The number of benzene rings is 1. The van der Waals surface area contributed by atoms with Crippen LogP contribution in [-0.2, 0) is 19.3 Å². The fraction of sp³-hybridized carbons (Fsp3) is 0.474. The Labute approximate surface area is 127 Å². The van der Waals surface area contributed by atoms with E-state index in [9.17, 15) is 0 Å². The predicted octanol–water partition coefficient (Wildman–Crippen LogP) is 4.30. The lowest BCUT2D eigenvalue weighted by atomic mass is 9.94. The van der Waals surface area contributed by atoms with Crippen LogP contribution >= 0.6 is 0 Å². The van der Waals surface area contributed by atoms with E-state index in [4.69, 9.17) is 4.42 Å². The molecule has 1 aliphatic rings. The molecule has 21 heavy (non-hydrogen) atoms. The lowest BCUT2D eigenvalue weighted by Gasteiger charge is -2.23. The van der Waals surface area contributed by atoms with Crippen LogP contribution in [0.1, 0.15) is 49.0 Å². The lowest BCUT2D eigenvalue weighted by molar-refractivity contribution is 0.310. The Morgan fingerprint density at radius 3 is 2.38 bits per heavy atom. The molecule has 2 nitrogen and oxygen atoms in total. The second-order valence-electron chi connectivity index (χ2n) is 6.03. The zero-order valence-corrected chi connectivity index (χ0v) is 13.1. The van der Waals surface area contributed by atoms with Crippen molar-refractivity contribution in [1.82, 2.24) is 5.32 Å². The molecule has 1 N–H and O–H groups in total. The molecule has 0 saturated heterocycles. The van der Waals surface area contributed by atoms with Gasteiger partial charge in [0.05, 0.1) is 6.04 Å². The Kier molecular flexibility index (Phi) is 4.45. The van der Waals surface area contributed by atoms with Crippen LogP contribution in [0.3, 0.4) is 0 Å². The molecule has 1 unspecified atom stereocenters. The van der Waals surface area contributed by atoms with Gasteiger partial charge in [-0.15, -0.1) is 0 Å². The molecule has 0 saturated carbocycles. The Balaban J connectivity index is 1.80. The van der Waals surface area contributed by atoms with Crippen molar-refractivity contribution in [1.29, 1.82) is 0 Å². The molecular weight excluding hydrogens is 258 g/mol. The number of nitrogens with one attached hydrogen (secondary N) is 1. The van der Waals surface area contributed by atoms with Crippen LogP contribution in [-0.4, -0.2) is 6.54 Å². The van der Waals surface area contributed by atoms with Gasteiger partial charge >= 0.3 is 0 Å². The lowest BCUT2D eigenvalue weighted by Crippen LogP contribution is -2.29. The maximum absolute atomic E-state index is 6.04. The van der Waals surface area contributed by atoms with Crippen LogP contribution in [0.5, 0.6) is 0 Å². The number of hydrogen-bond donors (Lipinski definition) is 1. The van der Waals surface area contributed by atoms with Crippen LogP contribution in [0.25, 0.3) is 0 Å². The van der Waals surface area contributed by atoms with Crippen LogP contribution in [0.4, 0.5) is 0 Å². The molecule has 0 spiro atoms. The first-order valence-corrected chi connectivity index (χ1v) is 8.20. The van der Waals surface area contributed by atoms with E-state index in [1.54, 1.807) is 0 Å². The maximum atomic E-state index is 6.04. The zero-order valence-electron chi connectivity index (χ0n) is 13.1. The van der Waals surface area contributed by atoms with Crippen LogP contribution < -0.4 is 5.32 Å². The van der Waals surface area contributed by atoms with Gasteiger partial charge in [0.2, 0.25) is 0 Å². The molecule has 0 fully saturated rings. The highest BCUT2D eigenvalue weighted by Crippen LogP contribution is 2.35. The summed E-state index contributed by atoms with van der Waals surface area (Å²) in [6, 6.07) is 13.5. The van der Waals surface area contributed by atoms with E-state index in [1.807, 2.05) is 0 Å². The molecule has 1 aromatic heterocycles. The van der Waals surface area contributed by atoms with Gasteiger partial charge in [0.25, 0.3) is 0 Å². The topological polar surface area (TPSA) is 25.2 Å². The number of rotatable bonds is 6. The third kappa shape index (κ3) is 3.06. The summed E-state index contributed by atoms with van der Waals surface area (Å²) in [4.78, 5) is 0. The third-order valence-electron chi connectivity index (χ3n) is 4.51. The molecule has 1 aliphatic carbocycles. The molecule has 3 rings (SSSR count). The normalized spacial score (nSPS) is 16.1. The average Bonchev–Trinajstić information content (AvgIpc) is 3.14. The van der Waals surface area contributed by atoms with Gasteiger partial charge in [0, 0.05) is 6.42 Å². The molecule has 2 aromatic rings. The second kappa shape index (κ2) is 6.48. The van der Waals surface area contributed by atoms with Gasteiger partial charge in [-0.2, -0.15) is 0 Å². The molecule has 0 aliphatic heterocycles. The minimum atomic E-state index is 0.331. The van der Waals surface area contributed by atoms with Crippen LogP contribution in [0.2, 0.25) is 0 Å². The highest BCUT2D eigenvalue weighted by atomic mass is 16.3. The molecule has 1 aromatic carbocycles. The number of aryl methyl sites for hydroxylation is 1. The molecule has 112 valence electrons. The number of furan rings is 1. The number of hydrogen-bond acceptors (Lipinski definition) is 2. The van der Waals surface area contributed by atoms with Crippen LogP contribution in [0.15, 0.2) is 40.8 Å². The van der Waals surface area contributed by atoms with Gasteiger partial charge in [0.15, 0.2) is 0 Å². The summed E-state index contributed by atoms with van der Waals surface area (Å²) < 4.78 is 6.04. The molecule has 1 atom stereocenters. The smallest absolute Gasteiger partial charge is 0.121 e. The predicted molar refractivity (Wildman–Crippen MR) is 86.5 cm³/mol. The molecular formula is C19H25NO. The molecule has 1 heterocycles. The summed E-state index contributed by atoms with van der Waals surface area (Å²) in [5.41, 5.74) is 3.01. The molecule has 2 heteroatoms. The third-order valence-corrected chi connectivity index (χ3v) is 4.51. The summed E-state index contributed by atoms with van der Waals surface area (Å²) in [5, 5.41) is 3.71. The van der Waals surface area contributed by atoms with Crippen molar-refractivity contribution >= 4 is 0 Å². The molecule has 0 amide bonds. The Hall–Kier alpha value is -1.54. The summed E-state index contributed by atoms with van der Waals surface area (Å²) in [6.45, 7) is 5.40. The van der Waals surface area contributed by atoms with E-state index in [1.165, 1.54) is 11.1 Å². The summed E-state index contributed by atoms with van der Waals surface area (Å²) in [7, 11) is 0. The van der Waals surface area contributed by atoms with Crippen molar-refractivity contribution in [2.75, 3.05) is 6.54 Å². The van der Waals surface area contributed by atoms with Gasteiger partial charge in [0.1, 0.15) is 11.5 Å². The Morgan fingerprint density at radius 1 is 1.10 bits per heavy atom. The average molecular weight is 283 g/mol. The fourth-order valence-corrected chi connectivity index (χ4v) is 3.38. The highest BCUT2D eigenvalue weighted by Gasteiger charge is 2.30. The number of fused-ring (bicyclic) bond motifs is 1. The van der Waals surface area contributed by atoms with E-state index in [2.05, 4.69) is 55.6 Å². The first-order valence-electron chi connectivity index (χ1n) is 8.20. The van der Waals surface area contributed by atoms with Gasteiger partial charge in [-0.25, -0.2) is 0 Å². The maximum Gasteiger partial charge on any atom is 0.121 e. The van der Waals surface area contributed by atoms with E-state index in [0.29, 0.717) is 12.0 Å². The largest absolute Gasteiger partial charge is 0.464 e. The van der Waals surface area contributed by atoms with Crippen molar-refractivity contribution in [3.63, 3.8) is 0 Å². The van der Waals surface area contributed by atoms with Crippen molar-refractivity contribution in [2.45, 2.75) is 45.6 Å². The minimum absolute atomic E-state index is 0.331. The Bertz CT molecular complexity index is 562. The first kappa shape index (κ1) is 14.4. The van der Waals surface area contributed by atoms with Crippen molar-refractivity contribution in [2.24, 2.45) is 5.92 Å². The minimum Gasteiger partial charge on any atom is -0.464 e. The monoisotopic (exact) mass is 283 g/mol. The highest BCUT2D eigenvalue weighted by molar-refractivity contribution is 5.33. The summed E-state index contributed by atoms with van der Waals surface area (Å²) in [5.74, 6) is 2.80. The van der Waals surface area contributed by atoms with Gasteiger partial charge in [-0.1, -0.05) is 38.1 Å². The Morgan fingerprint density at radius 2 is 1.81 bits per heavy atom. The van der Waals surface area contributed by atoms with Crippen molar-refractivity contribution in [3.8, 4) is 0 Å². The van der Waals surface area contributed by atoms with Crippen molar-refractivity contribution in [3.05, 3.63) is 59.0 Å². The van der Waals surface area contributed by atoms with E-state index < -0.39 is 0 Å². The van der Waals surface area contributed by atoms with E-state index >= 15 is 0 Å². The van der Waals surface area contributed by atoms with Gasteiger partial charge in [-0.05, 0) is 55.0 Å². The molecule has 0 bridgehead atoms. The fourth-order valence-electron chi connectivity index (χ4n) is 3.38. The summed E-state index contributed by atoms with van der Waals surface area (Å²) in [6.07, 6.45) is 4.42. The second-order valence-corrected chi connectivity index (χ2v) is 6.03. The zero-order chi connectivity index (χ0) is 14.7. The molecule has 0 radical (unpaired) electrons. The quantitative estimate of drug-likeness (QED) is 0.855. The van der Waals surface area contributed by atoms with E-state index in [0.717, 1.165) is 43.7 Å². The first-order chi connectivity index (χ1) is 10.3. The van der Waals surface area contributed by atoms with Gasteiger partial charge in [-0.3, -0.25) is 0 Å².